The number of aliphatic hydroxyl groups excluding tert-OH is 1. The summed E-state index contributed by atoms with van der Waals surface area (Å²) in [4.78, 5) is 22.9. The predicted octanol–water partition coefficient (Wildman–Crippen LogP) is 1.80. The first-order valence-electron chi connectivity index (χ1n) is 6.53. The van der Waals surface area contributed by atoms with Crippen LogP contribution in [0.15, 0.2) is 18.2 Å². The summed E-state index contributed by atoms with van der Waals surface area (Å²) < 4.78 is 0. The van der Waals surface area contributed by atoms with Crippen molar-refractivity contribution in [3.05, 3.63) is 23.8 Å². The van der Waals surface area contributed by atoms with Gasteiger partial charge >= 0.3 is 0 Å². The topological polar surface area (TPSA) is 78.4 Å². The van der Waals surface area contributed by atoms with Gasteiger partial charge in [-0.2, -0.15) is 0 Å². The van der Waals surface area contributed by atoms with Crippen molar-refractivity contribution in [1.29, 1.82) is 0 Å². The quantitative estimate of drug-likeness (QED) is 0.725. The monoisotopic (exact) mass is 260 g/mol. The maximum atomic E-state index is 11.5. The zero-order valence-corrected chi connectivity index (χ0v) is 10.5. The first-order valence-corrected chi connectivity index (χ1v) is 6.53. The molecule has 1 unspecified atom stereocenters. The minimum absolute atomic E-state index is 0.172. The van der Waals surface area contributed by atoms with E-state index in [0.29, 0.717) is 17.3 Å². The minimum atomic E-state index is -0.506. The maximum Gasteiger partial charge on any atom is 0.233 e. The molecule has 1 aromatic carbocycles. The van der Waals surface area contributed by atoms with Crippen molar-refractivity contribution < 1.29 is 14.7 Å². The van der Waals surface area contributed by atoms with E-state index in [2.05, 4.69) is 10.6 Å². The second kappa shape index (κ2) is 4.66. The Morgan fingerprint density at radius 2 is 1.84 bits per heavy atom. The molecule has 1 aliphatic carbocycles. The highest BCUT2D eigenvalue weighted by atomic mass is 16.3. The normalized spacial score (nSPS) is 20.1. The summed E-state index contributed by atoms with van der Waals surface area (Å²) in [5.74, 6) is -0.0179. The van der Waals surface area contributed by atoms with Crippen LogP contribution >= 0.6 is 0 Å². The number of anilines is 2. The third-order valence-electron chi connectivity index (χ3n) is 3.55. The van der Waals surface area contributed by atoms with Gasteiger partial charge in [-0.15, -0.1) is 0 Å². The number of rotatable bonds is 3. The van der Waals surface area contributed by atoms with Crippen LogP contribution in [0.5, 0.6) is 0 Å². The van der Waals surface area contributed by atoms with E-state index in [9.17, 15) is 14.7 Å². The Kier molecular flexibility index (Phi) is 2.98. The lowest BCUT2D eigenvalue weighted by Gasteiger charge is -2.14. The number of carbonyl (C=O) groups is 2. The molecule has 1 aromatic rings. The molecule has 0 bridgehead atoms. The Labute approximate surface area is 111 Å². The summed E-state index contributed by atoms with van der Waals surface area (Å²) in [6.07, 6.45) is 2.46. The van der Waals surface area contributed by atoms with Crippen molar-refractivity contribution in [2.24, 2.45) is 5.92 Å². The molecule has 1 atom stereocenters. The molecule has 19 heavy (non-hydrogen) atoms. The molecule has 1 saturated carbocycles. The molecular formula is C14H16N2O3. The predicted molar refractivity (Wildman–Crippen MR) is 70.6 cm³/mol. The fourth-order valence-corrected chi connectivity index (χ4v) is 2.32. The number of benzene rings is 1. The molecule has 1 fully saturated rings. The summed E-state index contributed by atoms with van der Waals surface area (Å²) in [5, 5.41) is 15.5. The summed E-state index contributed by atoms with van der Waals surface area (Å²) >= 11 is 0. The SMILES string of the molecule is O=C1CC(=O)Nc2cc(C(O)CC3CC3)ccc2N1. The van der Waals surface area contributed by atoms with Crippen LogP contribution in [-0.2, 0) is 9.59 Å². The van der Waals surface area contributed by atoms with Crippen molar-refractivity contribution in [3.8, 4) is 0 Å². The van der Waals surface area contributed by atoms with E-state index in [4.69, 9.17) is 0 Å². The van der Waals surface area contributed by atoms with Crippen LogP contribution in [0, 0.1) is 5.92 Å². The molecule has 5 nitrogen and oxygen atoms in total. The molecule has 1 heterocycles. The highest BCUT2D eigenvalue weighted by molar-refractivity contribution is 6.13. The number of amides is 2. The molecule has 0 radical (unpaired) electrons. The van der Waals surface area contributed by atoms with Crippen LogP contribution in [-0.4, -0.2) is 16.9 Å². The average Bonchev–Trinajstić information content (AvgIpc) is 3.14. The molecule has 3 rings (SSSR count). The molecular weight excluding hydrogens is 244 g/mol. The standard InChI is InChI=1S/C14H16N2O3/c17-12(5-8-1-2-8)9-3-4-10-11(6-9)16-14(19)7-13(18)15-10/h3-4,6,8,12,17H,1-2,5,7H2,(H,15,18)(H,16,19). The Hall–Kier alpha value is -1.88. The van der Waals surface area contributed by atoms with E-state index in [-0.39, 0.29) is 18.2 Å². The first kappa shape index (κ1) is 12.2. The highest BCUT2D eigenvalue weighted by Gasteiger charge is 2.26. The smallest absolute Gasteiger partial charge is 0.233 e. The zero-order valence-electron chi connectivity index (χ0n) is 10.5. The second-order valence-corrected chi connectivity index (χ2v) is 5.27. The van der Waals surface area contributed by atoms with Crippen molar-refractivity contribution in [2.75, 3.05) is 10.6 Å². The van der Waals surface area contributed by atoms with Crippen LogP contribution in [0.2, 0.25) is 0 Å². The van der Waals surface area contributed by atoms with Gasteiger partial charge in [-0.05, 0) is 30.0 Å². The van der Waals surface area contributed by atoms with Crippen molar-refractivity contribution in [3.63, 3.8) is 0 Å². The molecule has 0 saturated heterocycles. The molecule has 0 aromatic heterocycles. The van der Waals surface area contributed by atoms with Gasteiger partial charge in [-0.3, -0.25) is 9.59 Å². The van der Waals surface area contributed by atoms with Crippen molar-refractivity contribution >= 4 is 23.2 Å². The number of fused-ring (bicyclic) bond motifs is 1. The van der Waals surface area contributed by atoms with Crippen molar-refractivity contribution in [1.82, 2.24) is 0 Å². The van der Waals surface area contributed by atoms with Gasteiger partial charge in [0.1, 0.15) is 6.42 Å². The minimum Gasteiger partial charge on any atom is -0.388 e. The fraction of sp³-hybridized carbons (Fsp3) is 0.429. The van der Waals surface area contributed by atoms with E-state index < -0.39 is 6.10 Å². The third-order valence-corrected chi connectivity index (χ3v) is 3.55. The summed E-state index contributed by atoms with van der Waals surface area (Å²) in [5.41, 5.74) is 1.92. The number of aliphatic hydroxyl groups is 1. The Balaban J connectivity index is 1.85. The lowest BCUT2D eigenvalue weighted by Crippen LogP contribution is -2.16. The molecule has 2 aliphatic rings. The van der Waals surface area contributed by atoms with Crippen LogP contribution in [0.1, 0.15) is 37.4 Å². The third kappa shape index (κ3) is 2.76. The number of nitrogens with one attached hydrogen (secondary N) is 2. The second-order valence-electron chi connectivity index (χ2n) is 5.27. The van der Waals surface area contributed by atoms with Gasteiger partial charge in [-0.25, -0.2) is 0 Å². The lowest BCUT2D eigenvalue weighted by atomic mass is 10.0. The van der Waals surface area contributed by atoms with E-state index in [1.165, 1.54) is 12.8 Å². The largest absolute Gasteiger partial charge is 0.388 e. The van der Waals surface area contributed by atoms with Gasteiger partial charge < -0.3 is 15.7 Å². The van der Waals surface area contributed by atoms with E-state index >= 15 is 0 Å². The molecule has 3 N–H and O–H groups in total. The molecule has 100 valence electrons. The van der Waals surface area contributed by atoms with Crippen LogP contribution in [0.25, 0.3) is 0 Å². The lowest BCUT2D eigenvalue weighted by molar-refractivity contribution is -0.123. The van der Waals surface area contributed by atoms with Crippen LogP contribution in [0.4, 0.5) is 11.4 Å². The van der Waals surface area contributed by atoms with Gasteiger partial charge in [0.15, 0.2) is 0 Å². The highest BCUT2D eigenvalue weighted by Crippen LogP contribution is 2.38. The summed E-state index contributed by atoms with van der Waals surface area (Å²) in [6, 6.07) is 5.26. The average molecular weight is 260 g/mol. The van der Waals surface area contributed by atoms with Crippen molar-refractivity contribution in [2.45, 2.75) is 31.8 Å². The summed E-state index contributed by atoms with van der Waals surface area (Å²) in [7, 11) is 0. The Morgan fingerprint density at radius 1 is 1.16 bits per heavy atom. The molecule has 1 aliphatic heterocycles. The molecule has 0 spiro atoms. The van der Waals surface area contributed by atoms with Gasteiger partial charge in [-0.1, -0.05) is 18.9 Å². The first-order chi connectivity index (χ1) is 9.11. The molecule has 5 heteroatoms. The maximum absolute atomic E-state index is 11.5. The Bertz CT molecular complexity index is 537. The fourth-order valence-electron chi connectivity index (χ4n) is 2.32. The summed E-state index contributed by atoms with van der Waals surface area (Å²) in [6.45, 7) is 0. The number of hydrogen-bond donors (Lipinski definition) is 3. The van der Waals surface area contributed by atoms with Gasteiger partial charge in [0.25, 0.3) is 0 Å². The van der Waals surface area contributed by atoms with Crippen LogP contribution in [0.3, 0.4) is 0 Å². The van der Waals surface area contributed by atoms with E-state index in [0.717, 1.165) is 12.0 Å². The van der Waals surface area contributed by atoms with Crippen LogP contribution < -0.4 is 10.6 Å². The van der Waals surface area contributed by atoms with Gasteiger partial charge in [0.2, 0.25) is 11.8 Å². The zero-order chi connectivity index (χ0) is 13.4. The van der Waals surface area contributed by atoms with Gasteiger partial charge in [0.05, 0.1) is 17.5 Å². The number of carbonyl (C=O) groups excluding carboxylic acids is 2. The number of hydrogen-bond acceptors (Lipinski definition) is 3. The van der Waals surface area contributed by atoms with E-state index in [1.54, 1.807) is 18.2 Å². The Morgan fingerprint density at radius 3 is 2.53 bits per heavy atom. The molecule has 2 amide bonds. The van der Waals surface area contributed by atoms with Gasteiger partial charge in [0, 0.05) is 0 Å². The van der Waals surface area contributed by atoms with E-state index in [1.807, 2.05) is 0 Å².